The summed E-state index contributed by atoms with van der Waals surface area (Å²) in [5.74, 6) is 0. The van der Waals surface area contributed by atoms with Crippen LogP contribution in [-0.4, -0.2) is 5.43 Å². The zero-order valence-corrected chi connectivity index (χ0v) is 35.8. The van der Waals surface area contributed by atoms with Gasteiger partial charge in [-0.1, -0.05) is 0 Å². The van der Waals surface area contributed by atoms with E-state index in [4.69, 9.17) is 17.0 Å². The van der Waals surface area contributed by atoms with E-state index in [9.17, 15) is 0 Å². The fourth-order valence-electron chi connectivity index (χ4n) is 9.51. The summed E-state index contributed by atoms with van der Waals surface area (Å²) in [6, 6.07) is 44.9. The zero-order chi connectivity index (χ0) is 36.1. The number of benzene rings is 6. The molecule has 0 radical (unpaired) electrons. The zero-order valence-electron chi connectivity index (χ0n) is 30.9. The van der Waals surface area contributed by atoms with E-state index in [1.807, 2.05) is 0 Å². The van der Waals surface area contributed by atoms with Crippen molar-refractivity contribution in [2.24, 2.45) is 0 Å². The van der Waals surface area contributed by atoms with Crippen molar-refractivity contribution >= 4 is 56.2 Å². The molecule has 2 atom stereocenters. The minimum absolute atomic E-state index is 0.0762. The average molecular weight is 815 g/mol. The standard InChI is InChI=1S/2C23H21.C2H6Si.2ClH.Zr/c2*1-2-3-8-17-15-19-11-7-14-22(23(19)16-17)21-13-6-10-18-9-4-5-12-20(18)21;1-3-2;;;/h2*4-7,9-16H,2-3,8H2,1H3;1-2H3;2*1H;/q;;;;;+2/p-2. The molecule has 2 unspecified atom stereocenters. The van der Waals surface area contributed by atoms with Crippen molar-refractivity contribution in [3.63, 3.8) is 0 Å². The molecule has 0 spiro atoms. The molecule has 0 heterocycles. The van der Waals surface area contributed by atoms with Crippen molar-refractivity contribution in [3.05, 3.63) is 155 Å². The summed E-state index contributed by atoms with van der Waals surface area (Å²) in [5, 5.41) is 5.12. The molecule has 0 fully saturated rings. The van der Waals surface area contributed by atoms with E-state index < -0.39 is 20.4 Å². The van der Waals surface area contributed by atoms with Crippen molar-refractivity contribution < 1.29 is 15.0 Å². The van der Waals surface area contributed by atoms with Gasteiger partial charge in [0.25, 0.3) is 0 Å². The van der Waals surface area contributed by atoms with Crippen molar-refractivity contribution in [2.75, 3.05) is 0 Å². The molecule has 0 N–H and O–H groups in total. The minimum atomic E-state index is -4.98. The molecule has 8 rings (SSSR count). The summed E-state index contributed by atoms with van der Waals surface area (Å²) in [5.41, 5.74) is 12.3. The molecular formula is C48H48Cl2SiZr. The van der Waals surface area contributed by atoms with Gasteiger partial charge in [-0.05, 0) is 0 Å². The topological polar surface area (TPSA) is 0 Å². The van der Waals surface area contributed by atoms with E-state index in [1.165, 1.54) is 77.2 Å². The predicted molar refractivity (Wildman–Crippen MR) is 228 cm³/mol. The summed E-state index contributed by atoms with van der Waals surface area (Å²) in [4.78, 5) is 0. The van der Waals surface area contributed by atoms with Crippen LogP contribution in [0.5, 0.6) is 0 Å². The van der Waals surface area contributed by atoms with Crippen molar-refractivity contribution in [1.29, 1.82) is 0 Å². The normalized spacial score (nSPS) is 16.9. The molecule has 0 amide bonds. The van der Waals surface area contributed by atoms with Gasteiger partial charge in [0.2, 0.25) is 0 Å². The van der Waals surface area contributed by atoms with E-state index in [0.29, 0.717) is 0 Å². The Labute approximate surface area is 318 Å². The molecule has 0 saturated heterocycles. The number of allylic oxidation sites excluding steroid dienone is 2. The molecule has 0 aromatic heterocycles. The van der Waals surface area contributed by atoms with Gasteiger partial charge < -0.3 is 0 Å². The number of hydrogen-bond donors (Lipinski definition) is 0. The van der Waals surface area contributed by atoms with Crippen molar-refractivity contribution in [1.82, 2.24) is 0 Å². The summed E-state index contributed by atoms with van der Waals surface area (Å²) in [7, 11) is 17.7. The van der Waals surface area contributed by atoms with Crippen LogP contribution in [0.1, 0.15) is 81.9 Å². The second kappa shape index (κ2) is 14.3. The van der Waals surface area contributed by atoms with E-state index in [-0.39, 0.29) is 7.25 Å². The number of rotatable bonds is 10. The fourth-order valence-corrected chi connectivity index (χ4v) is 38.6. The van der Waals surface area contributed by atoms with Crippen LogP contribution >= 0.6 is 17.0 Å². The first-order chi connectivity index (χ1) is 25.3. The van der Waals surface area contributed by atoms with Crippen LogP contribution < -0.4 is 0 Å². The third-order valence-corrected chi connectivity index (χ3v) is 58.7. The van der Waals surface area contributed by atoms with E-state index >= 15 is 0 Å². The molecule has 4 heteroatoms. The van der Waals surface area contributed by atoms with Gasteiger partial charge in [0, 0.05) is 0 Å². The SMILES string of the molecule is CCCCC1=Cc2c(-c3cccc4ccccc34)cccc2[CH]1[Zr]([Cl])([Cl])([CH]1C(CCCC)=Cc2c(-c3cccc4ccccc34)cccc21)=[Si](C)C. The predicted octanol–water partition coefficient (Wildman–Crippen LogP) is 15.5. The number of halogens is 2. The molecule has 0 saturated carbocycles. The molecule has 262 valence electrons. The van der Waals surface area contributed by atoms with Gasteiger partial charge in [0.15, 0.2) is 0 Å². The van der Waals surface area contributed by atoms with E-state index in [2.05, 4.69) is 160 Å². The van der Waals surface area contributed by atoms with Gasteiger partial charge in [-0.25, -0.2) is 0 Å². The Morgan fingerprint density at radius 1 is 0.500 bits per heavy atom. The van der Waals surface area contributed by atoms with Crippen molar-refractivity contribution in [3.8, 4) is 22.3 Å². The second-order valence-electron chi connectivity index (χ2n) is 15.3. The summed E-state index contributed by atoms with van der Waals surface area (Å²) in [6.45, 7) is 9.50. The molecule has 0 nitrogen and oxygen atoms in total. The molecule has 6 aromatic carbocycles. The van der Waals surface area contributed by atoms with E-state index in [1.54, 1.807) is 0 Å². The monoisotopic (exact) mass is 812 g/mol. The molecule has 2 aliphatic carbocycles. The molecular weight excluding hydrogens is 767 g/mol. The Morgan fingerprint density at radius 2 is 0.885 bits per heavy atom. The van der Waals surface area contributed by atoms with Gasteiger partial charge in [-0.3, -0.25) is 0 Å². The number of hydrogen-bond acceptors (Lipinski definition) is 0. The summed E-state index contributed by atoms with van der Waals surface area (Å²) < 4.78 is 0.152. The molecule has 52 heavy (non-hydrogen) atoms. The van der Waals surface area contributed by atoms with Crippen LogP contribution in [-0.2, 0) is 15.0 Å². The van der Waals surface area contributed by atoms with Gasteiger partial charge in [-0.15, -0.1) is 0 Å². The van der Waals surface area contributed by atoms with Crippen LogP contribution in [0.25, 0.3) is 56.0 Å². The summed E-state index contributed by atoms with van der Waals surface area (Å²) >= 11 is -4.98. The fraction of sp³-hybridized carbons (Fsp3) is 0.250. The van der Waals surface area contributed by atoms with Gasteiger partial charge in [-0.2, -0.15) is 0 Å². The Bertz CT molecular complexity index is 2320. The molecule has 0 aliphatic heterocycles. The van der Waals surface area contributed by atoms with Gasteiger partial charge in [0.1, 0.15) is 0 Å². The second-order valence-corrected chi connectivity index (χ2v) is 54.1. The quantitative estimate of drug-likeness (QED) is 0.121. The van der Waals surface area contributed by atoms with Crippen molar-refractivity contribution in [2.45, 2.75) is 72.7 Å². The first-order valence-corrected chi connectivity index (χ1v) is 34.6. The Morgan fingerprint density at radius 3 is 1.31 bits per heavy atom. The molecule has 2 aliphatic rings. The molecule has 0 bridgehead atoms. The third-order valence-electron chi connectivity index (χ3n) is 12.1. The maximum absolute atomic E-state index is 8.87. The van der Waals surface area contributed by atoms with Crippen LogP contribution in [0.4, 0.5) is 0 Å². The third kappa shape index (κ3) is 5.80. The summed E-state index contributed by atoms with van der Waals surface area (Å²) in [6.07, 6.45) is 11.7. The number of fused-ring (bicyclic) bond motifs is 4. The van der Waals surface area contributed by atoms with Gasteiger partial charge in [0.05, 0.1) is 0 Å². The van der Waals surface area contributed by atoms with Crippen LogP contribution in [0.3, 0.4) is 0 Å². The maximum atomic E-state index is 8.87. The Hall–Kier alpha value is -3.00. The van der Waals surface area contributed by atoms with Crippen LogP contribution in [0, 0.1) is 0 Å². The van der Waals surface area contributed by atoms with Crippen LogP contribution in [0.2, 0.25) is 13.1 Å². The first kappa shape index (κ1) is 36.0. The van der Waals surface area contributed by atoms with Gasteiger partial charge >= 0.3 is 321 Å². The first-order valence-electron chi connectivity index (χ1n) is 19.3. The number of unbranched alkanes of at least 4 members (excludes halogenated alkanes) is 2. The average Bonchev–Trinajstić information content (AvgIpc) is 3.75. The molecule has 6 aromatic rings. The Kier molecular flexibility index (Phi) is 9.93. The van der Waals surface area contributed by atoms with Crippen LogP contribution in [0.15, 0.2) is 132 Å². The Balaban J connectivity index is 1.38. The van der Waals surface area contributed by atoms with E-state index in [0.717, 1.165) is 38.5 Å².